The molecule has 0 aromatic carbocycles. The van der Waals surface area contributed by atoms with Gasteiger partial charge in [0.1, 0.15) is 23.9 Å². The average molecular weight is 809 g/mol. The summed E-state index contributed by atoms with van der Waals surface area (Å²) in [7, 11) is 0. The van der Waals surface area contributed by atoms with Gasteiger partial charge in [0.2, 0.25) is 23.6 Å². The second-order valence-corrected chi connectivity index (χ2v) is 13.4. The van der Waals surface area contributed by atoms with Crippen LogP contribution in [0.25, 0.3) is 0 Å². The number of nitrogens with zero attached hydrogens (tertiary/aromatic N) is 1. The number of rotatable bonds is 28. The van der Waals surface area contributed by atoms with Gasteiger partial charge in [-0.1, -0.05) is 6.42 Å². The van der Waals surface area contributed by atoms with Gasteiger partial charge in [-0.25, -0.2) is 14.4 Å². The van der Waals surface area contributed by atoms with Gasteiger partial charge in [-0.15, -0.1) is 11.8 Å². The number of ether oxygens (including phenoxy) is 1. The van der Waals surface area contributed by atoms with E-state index in [1.165, 1.54) is 0 Å². The molecule has 1 aliphatic rings. The van der Waals surface area contributed by atoms with Crippen molar-refractivity contribution < 1.29 is 77.9 Å². The number of carbonyl (C=O) groups excluding carboxylic acids is 7. The summed E-state index contributed by atoms with van der Waals surface area (Å²) in [6.07, 6.45) is -2.18. The highest BCUT2D eigenvalue weighted by atomic mass is 32.2. The summed E-state index contributed by atoms with van der Waals surface area (Å²) < 4.78 is 4.58. The summed E-state index contributed by atoms with van der Waals surface area (Å²) in [5.41, 5.74) is 5.82. The van der Waals surface area contributed by atoms with Gasteiger partial charge in [-0.05, 0) is 19.3 Å². The number of hydrogen-bond donors (Lipinski definition) is 10. The van der Waals surface area contributed by atoms with E-state index in [9.17, 15) is 57.8 Å². The van der Waals surface area contributed by atoms with Crippen LogP contribution >= 0.6 is 24.4 Å². The van der Waals surface area contributed by atoms with Gasteiger partial charge in [0.15, 0.2) is 6.23 Å². The molecule has 6 atom stereocenters. The molecular weight excluding hydrogens is 764 g/mol. The summed E-state index contributed by atoms with van der Waals surface area (Å²) in [6.45, 7) is 0.0250. The number of ketones is 1. The number of thioether (sulfide) groups is 1. The number of carbonyl (C=O) groups is 11. The zero-order chi connectivity index (χ0) is 41.0. The summed E-state index contributed by atoms with van der Waals surface area (Å²) in [5, 5.41) is 44.0. The molecule has 54 heavy (non-hydrogen) atoms. The first-order valence-electron chi connectivity index (χ1n) is 16.4. The second kappa shape index (κ2) is 24.4. The van der Waals surface area contributed by atoms with Gasteiger partial charge in [0.25, 0.3) is 6.47 Å². The summed E-state index contributed by atoms with van der Waals surface area (Å²) in [6, 6.07) is -6.96. The molecule has 1 fully saturated rings. The Bertz CT molecular complexity index is 1420. The van der Waals surface area contributed by atoms with Crippen molar-refractivity contribution in [2.75, 3.05) is 18.1 Å². The van der Waals surface area contributed by atoms with E-state index in [-0.39, 0.29) is 62.4 Å². The van der Waals surface area contributed by atoms with E-state index in [0.29, 0.717) is 19.3 Å². The van der Waals surface area contributed by atoms with Crippen molar-refractivity contribution in [1.29, 1.82) is 0 Å². The molecule has 1 heterocycles. The molecule has 1 saturated heterocycles. The zero-order valence-electron chi connectivity index (χ0n) is 28.8. The summed E-state index contributed by atoms with van der Waals surface area (Å²) in [4.78, 5) is 131. The Labute approximate surface area is 317 Å². The fourth-order valence-electron chi connectivity index (χ4n) is 4.71. The topological polar surface area (TPSA) is 355 Å². The minimum atomic E-state index is -1.64. The second-order valence-electron chi connectivity index (χ2n) is 11.8. The number of likely N-dealkylation sites (tertiary alicyclic amines) is 1. The monoisotopic (exact) mass is 808 g/mol. The van der Waals surface area contributed by atoms with E-state index < -0.39 is 102 Å². The number of thiol groups is 1. The number of urea groups is 1. The van der Waals surface area contributed by atoms with Crippen molar-refractivity contribution in [3.63, 3.8) is 0 Å². The fraction of sp³-hybridized carbons (Fsp3) is 0.633. The van der Waals surface area contributed by atoms with Crippen LogP contribution in [0.5, 0.6) is 0 Å². The maximum Gasteiger partial charge on any atom is 0.327 e. The molecule has 6 amide bonds. The Kier molecular flexibility index (Phi) is 21.2. The standard InChI is InChI=1S/C30H44N6O16S2/c31-16(25(44)32-17(10-24(42)43)26(45)33-18(12-53)28(47)48)6-5-15(38)4-2-1-3-9-36-22(39)11-20(27(36)46)54-13-19(29(49)50)34-30(51)35-21(52-14-37)7-8-23(40)41/h14,16-21,53H,1-13,31H2,(H,32,44)(H,33,45)(H,40,41)(H,42,43)(H,47,48)(H,49,50)(H2,34,35,51)/t16-,17-,18-,19-,20?,21+/m0/s1. The number of aliphatic carboxylic acids is 4. The summed E-state index contributed by atoms with van der Waals surface area (Å²) >= 11 is 4.64. The number of imide groups is 1. The Morgan fingerprint density at radius 1 is 0.833 bits per heavy atom. The first kappa shape index (κ1) is 47.1. The van der Waals surface area contributed by atoms with Crippen molar-refractivity contribution in [3.8, 4) is 0 Å². The van der Waals surface area contributed by atoms with Crippen LogP contribution in [0.15, 0.2) is 0 Å². The maximum atomic E-state index is 12.8. The number of carboxylic acids is 4. The fourth-order valence-corrected chi connectivity index (χ4v) is 6.14. The van der Waals surface area contributed by atoms with Crippen LogP contribution in [-0.4, -0.2) is 145 Å². The minimum absolute atomic E-state index is 0.0144. The number of hydrogen-bond acceptors (Lipinski definition) is 15. The molecule has 0 aromatic rings. The lowest BCUT2D eigenvalue weighted by Gasteiger charge is -2.21. The van der Waals surface area contributed by atoms with Crippen molar-refractivity contribution in [1.82, 2.24) is 26.2 Å². The summed E-state index contributed by atoms with van der Waals surface area (Å²) in [5.74, 6) is -9.47. The van der Waals surface area contributed by atoms with Crippen LogP contribution in [0.1, 0.15) is 64.2 Å². The Morgan fingerprint density at radius 2 is 1.48 bits per heavy atom. The van der Waals surface area contributed by atoms with Crippen LogP contribution < -0.4 is 27.0 Å². The van der Waals surface area contributed by atoms with Gasteiger partial charge in [0.05, 0.1) is 24.1 Å². The minimum Gasteiger partial charge on any atom is -0.481 e. The molecule has 0 bridgehead atoms. The quantitative estimate of drug-likeness (QED) is 0.0130. The van der Waals surface area contributed by atoms with Crippen molar-refractivity contribution >= 4 is 90.2 Å². The molecule has 0 saturated carbocycles. The first-order valence-corrected chi connectivity index (χ1v) is 18.1. The number of Topliss-reactive ketones (excluding diaryl/α,β-unsaturated/α-hetero) is 1. The third kappa shape index (κ3) is 17.7. The molecule has 24 heteroatoms. The van der Waals surface area contributed by atoms with Crippen LogP contribution in [-0.2, 0) is 52.7 Å². The predicted octanol–water partition coefficient (Wildman–Crippen LogP) is -2.34. The zero-order valence-corrected chi connectivity index (χ0v) is 30.5. The molecule has 0 aromatic heterocycles. The van der Waals surface area contributed by atoms with Gasteiger partial charge in [0, 0.05) is 43.7 Å². The van der Waals surface area contributed by atoms with Crippen molar-refractivity contribution in [2.24, 2.45) is 5.73 Å². The largest absolute Gasteiger partial charge is 0.481 e. The highest BCUT2D eigenvalue weighted by Gasteiger charge is 2.39. The van der Waals surface area contributed by atoms with E-state index in [2.05, 4.69) is 38.6 Å². The third-order valence-corrected chi connectivity index (χ3v) is 9.28. The van der Waals surface area contributed by atoms with E-state index >= 15 is 0 Å². The van der Waals surface area contributed by atoms with Crippen molar-refractivity contribution in [2.45, 2.75) is 99.9 Å². The lowest BCUT2D eigenvalue weighted by atomic mass is 10.0. The Balaban J connectivity index is 2.49. The predicted molar refractivity (Wildman–Crippen MR) is 187 cm³/mol. The van der Waals surface area contributed by atoms with Gasteiger partial charge < -0.3 is 52.2 Å². The highest BCUT2D eigenvalue weighted by molar-refractivity contribution is 8.00. The van der Waals surface area contributed by atoms with Crippen LogP contribution in [0.3, 0.4) is 0 Å². The molecule has 0 radical (unpaired) electrons. The van der Waals surface area contributed by atoms with Gasteiger partial charge >= 0.3 is 29.9 Å². The van der Waals surface area contributed by atoms with Crippen LogP contribution in [0.4, 0.5) is 4.79 Å². The van der Waals surface area contributed by atoms with E-state index in [1.807, 2.05) is 0 Å². The molecule has 1 aliphatic heterocycles. The molecule has 302 valence electrons. The van der Waals surface area contributed by atoms with Gasteiger partial charge in [-0.3, -0.25) is 43.3 Å². The number of carboxylic acid groups (broad SMARTS) is 4. The van der Waals surface area contributed by atoms with Crippen LogP contribution in [0.2, 0.25) is 0 Å². The van der Waals surface area contributed by atoms with E-state index in [0.717, 1.165) is 16.7 Å². The molecule has 1 rings (SSSR count). The first-order chi connectivity index (χ1) is 25.4. The SMILES string of the molecule is N[C@@H](CCC(=O)CCCCCN1C(=O)CC(SC[C@H](NC(=O)N[C@@H](CCC(=O)O)OC=O)C(=O)O)C1=O)C(=O)N[C@@H](CC(=O)O)C(=O)N[C@@H](CS)C(=O)O. The normalized spacial score (nSPS) is 16.6. The Morgan fingerprint density at radius 3 is 2.06 bits per heavy atom. The lowest BCUT2D eigenvalue weighted by molar-refractivity contribution is -0.143. The number of amides is 6. The van der Waals surface area contributed by atoms with E-state index in [4.69, 9.17) is 21.1 Å². The lowest BCUT2D eigenvalue weighted by Crippen LogP contribution is -2.55. The molecule has 22 nitrogen and oxygen atoms in total. The van der Waals surface area contributed by atoms with Crippen LogP contribution in [0, 0.1) is 0 Å². The Hall–Kier alpha value is -4.97. The number of unbranched alkanes of at least 4 members (excludes halogenated alkanes) is 2. The highest BCUT2D eigenvalue weighted by Crippen LogP contribution is 2.26. The smallest absolute Gasteiger partial charge is 0.327 e. The average Bonchev–Trinajstić information content (AvgIpc) is 3.36. The van der Waals surface area contributed by atoms with Gasteiger partial charge in [-0.2, -0.15) is 12.6 Å². The number of nitrogens with one attached hydrogen (secondary N) is 4. The van der Waals surface area contributed by atoms with Crippen molar-refractivity contribution in [3.05, 3.63) is 0 Å². The van der Waals surface area contributed by atoms with E-state index in [1.54, 1.807) is 0 Å². The number of nitrogens with two attached hydrogens (primary N) is 1. The molecule has 1 unspecified atom stereocenters. The maximum absolute atomic E-state index is 12.8. The molecule has 0 spiro atoms. The molecule has 10 N–H and O–H groups in total. The third-order valence-electron chi connectivity index (χ3n) is 7.62. The molecule has 0 aliphatic carbocycles. The molecular formula is C30H44N6O16S2.